The zero-order valence-corrected chi connectivity index (χ0v) is 14.0. The molecule has 0 spiro atoms. The fourth-order valence-corrected chi connectivity index (χ4v) is 3.14. The van der Waals surface area contributed by atoms with Gasteiger partial charge in [-0.25, -0.2) is 0 Å². The Balaban J connectivity index is 0.00000110. The van der Waals surface area contributed by atoms with Crippen LogP contribution in [0.1, 0.15) is 37.7 Å². The van der Waals surface area contributed by atoms with E-state index in [9.17, 15) is 0 Å². The predicted octanol–water partition coefficient (Wildman–Crippen LogP) is 3.38. The summed E-state index contributed by atoms with van der Waals surface area (Å²) in [5, 5.41) is 0. The van der Waals surface area contributed by atoms with E-state index in [1.807, 2.05) is 0 Å². The largest absolute Gasteiger partial charge is 0.490 e. The molecule has 2 fully saturated rings. The number of hydrogen-bond acceptors (Lipinski definition) is 3. The highest BCUT2D eigenvalue weighted by Crippen LogP contribution is 2.24. The SMILES string of the molecule is Cl.Cl.NC1CCN(Cc2ccc(OC3CCCC3)cc2)C1. The highest BCUT2D eigenvalue weighted by atomic mass is 35.5. The Bertz CT molecular complexity index is 407. The molecule has 1 unspecified atom stereocenters. The molecule has 21 heavy (non-hydrogen) atoms. The number of hydrogen-bond donors (Lipinski definition) is 1. The Hall–Kier alpha value is -0.480. The molecule has 1 aliphatic carbocycles. The normalized spacial score (nSPS) is 22.6. The topological polar surface area (TPSA) is 38.5 Å². The first-order valence-electron chi connectivity index (χ1n) is 7.53. The van der Waals surface area contributed by atoms with Crippen LogP contribution in [-0.2, 0) is 6.54 Å². The van der Waals surface area contributed by atoms with E-state index >= 15 is 0 Å². The second-order valence-corrected chi connectivity index (χ2v) is 5.95. The van der Waals surface area contributed by atoms with Crippen molar-refractivity contribution in [2.45, 2.75) is 50.8 Å². The first kappa shape index (κ1) is 18.6. The lowest BCUT2D eigenvalue weighted by molar-refractivity contribution is 0.210. The second kappa shape index (κ2) is 8.84. The third-order valence-corrected chi connectivity index (χ3v) is 4.24. The molecule has 0 aromatic heterocycles. The van der Waals surface area contributed by atoms with Crippen LogP contribution < -0.4 is 10.5 Å². The molecule has 1 atom stereocenters. The summed E-state index contributed by atoms with van der Waals surface area (Å²) in [6.45, 7) is 3.17. The minimum atomic E-state index is 0. The van der Waals surface area contributed by atoms with Crippen LogP contribution in [-0.4, -0.2) is 30.1 Å². The number of ether oxygens (including phenoxy) is 1. The van der Waals surface area contributed by atoms with E-state index in [0.717, 1.165) is 31.8 Å². The second-order valence-electron chi connectivity index (χ2n) is 5.95. The van der Waals surface area contributed by atoms with Crippen LogP contribution in [0.15, 0.2) is 24.3 Å². The Kier molecular flexibility index (Phi) is 7.82. The van der Waals surface area contributed by atoms with Gasteiger partial charge in [-0.3, -0.25) is 4.90 Å². The Morgan fingerprint density at radius 3 is 2.29 bits per heavy atom. The summed E-state index contributed by atoms with van der Waals surface area (Å²) in [6.07, 6.45) is 6.64. The van der Waals surface area contributed by atoms with Gasteiger partial charge in [0, 0.05) is 25.7 Å². The summed E-state index contributed by atoms with van der Waals surface area (Å²) >= 11 is 0. The standard InChI is InChI=1S/C16H24N2O.2ClH/c17-14-9-10-18(12-14)11-13-5-7-16(8-6-13)19-15-3-1-2-4-15;;/h5-8,14-15H,1-4,9-12,17H2;2*1H. The first-order chi connectivity index (χ1) is 9.29. The van der Waals surface area contributed by atoms with E-state index in [-0.39, 0.29) is 24.8 Å². The number of nitrogens with zero attached hydrogens (tertiary/aromatic N) is 1. The molecule has 0 bridgehead atoms. The van der Waals surface area contributed by atoms with Gasteiger partial charge in [0.25, 0.3) is 0 Å². The third-order valence-electron chi connectivity index (χ3n) is 4.24. The summed E-state index contributed by atoms with van der Waals surface area (Å²) in [7, 11) is 0. The average molecular weight is 333 g/mol. The van der Waals surface area contributed by atoms with Crippen LogP contribution in [0.3, 0.4) is 0 Å². The van der Waals surface area contributed by atoms with Crippen LogP contribution in [0, 0.1) is 0 Å². The van der Waals surface area contributed by atoms with Crippen LogP contribution in [0.5, 0.6) is 5.75 Å². The zero-order valence-electron chi connectivity index (χ0n) is 12.4. The molecule has 1 saturated carbocycles. The van der Waals surface area contributed by atoms with Crippen LogP contribution in [0.4, 0.5) is 0 Å². The van der Waals surface area contributed by atoms with Crippen molar-refractivity contribution >= 4 is 24.8 Å². The molecule has 1 saturated heterocycles. The van der Waals surface area contributed by atoms with Gasteiger partial charge >= 0.3 is 0 Å². The van der Waals surface area contributed by atoms with Crippen molar-refractivity contribution in [1.82, 2.24) is 4.90 Å². The van der Waals surface area contributed by atoms with Crippen LogP contribution >= 0.6 is 24.8 Å². The van der Waals surface area contributed by atoms with Crippen LogP contribution in [0.25, 0.3) is 0 Å². The minimum absolute atomic E-state index is 0. The van der Waals surface area contributed by atoms with Gasteiger partial charge in [-0.15, -0.1) is 24.8 Å². The van der Waals surface area contributed by atoms with Gasteiger partial charge in [0.15, 0.2) is 0 Å². The minimum Gasteiger partial charge on any atom is -0.490 e. The Morgan fingerprint density at radius 1 is 1.05 bits per heavy atom. The van der Waals surface area contributed by atoms with E-state index in [4.69, 9.17) is 10.5 Å². The Labute approximate surface area is 140 Å². The highest BCUT2D eigenvalue weighted by molar-refractivity contribution is 5.85. The summed E-state index contributed by atoms with van der Waals surface area (Å²) in [5.41, 5.74) is 7.29. The van der Waals surface area contributed by atoms with Gasteiger partial charge in [0.2, 0.25) is 0 Å². The van der Waals surface area contributed by atoms with E-state index in [0.29, 0.717) is 12.1 Å². The fourth-order valence-electron chi connectivity index (χ4n) is 3.14. The first-order valence-corrected chi connectivity index (χ1v) is 7.53. The predicted molar refractivity (Wildman–Crippen MR) is 91.7 cm³/mol. The fraction of sp³-hybridized carbons (Fsp3) is 0.625. The van der Waals surface area contributed by atoms with Crippen molar-refractivity contribution in [3.8, 4) is 5.75 Å². The molecular weight excluding hydrogens is 307 g/mol. The zero-order chi connectivity index (χ0) is 13.1. The number of rotatable bonds is 4. The molecule has 1 aliphatic heterocycles. The number of likely N-dealkylation sites (tertiary alicyclic amines) is 1. The van der Waals surface area contributed by atoms with E-state index in [2.05, 4.69) is 29.2 Å². The maximum atomic E-state index is 5.98. The highest BCUT2D eigenvalue weighted by Gasteiger charge is 2.19. The van der Waals surface area contributed by atoms with E-state index in [1.54, 1.807) is 0 Å². The van der Waals surface area contributed by atoms with Crippen molar-refractivity contribution < 1.29 is 4.74 Å². The molecule has 1 heterocycles. The van der Waals surface area contributed by atoms with Gasteiger partial charge in [0.05, 0.1) is 6.10 Å². The summed E-state index contributed by atoms with van der Waals surface area (Å²) in [5.74, 6) is 1.02. The monoisotopic (exact) mass is 332 g/mol. The summed E-state index contributed by atoms with van der Waals surface area (Å²) < 4.78 is 5.98. The molecule has 2 aliphatic rings. The van der Waals surface area contributed by atoms with Crippen molar-refractivity contribution in [1.29, 1.82) is 0 Å². The number of benzene rings is 1. The third kappa shape index (κ3) is 5.33. The van der Waals surface area contributed by atoms with Gasteiger partial charge in [-0.05, 0) is 49.8 Å². The number of nitrogens with two attached hydrogens (primary N) is 1. The quantitative estimate of drug-likeness (QED) is 0.918. The molecule has 3 nitrogen and oxygen atoms in total. The molecule has 1 aromatic rings. The van der Waals surface area contributed by atoms with Crippen molar-refractivity contribution in [3.63, 3.8) is 0 Å². The van der Waals surface area contributed by atoms with Crippen molar-refractivity contribution in [3.05, 3.63) is 29.8 Å². The molecule has 0 radical (unpaired) electrons. The maximum absolute atomic E-state index is 5.98. The lowest BCUT2D eigenvalue weighted by Crippen LogP contribution is -2.26. The maximum Gasteiger partial charge on any atom is 0.119 e. The van der Waals surface area contributed by atoms with Crippen molar-refractivity contribution in [2.24, 2.45) is 5.73 Å². The lowest BCUT2D eigenvalue weighted by Gasteiger charge is -2.16. The van der Waals surface area contributed by atoms with Crippen LogP contribution in [0.2, 0.25) is 0 Å². The molecule has 120 valence electrons. The van der Waals surface area contributed by atoms with E-state index < -0.39 is 0 Å². The average Bonchev–Trinajstić information content (AvgIpc) is 3.04. The summed E-state index contributed by atoms with van der Waals surface area (Å²) in [4.78, 5) is 2.43. The van der Waals surface area contributed by atoms with Gasteiger partial charge < -0.3 is 10.5 Å². The summed E-state index contributed by atoms with van der Waals surface area (Å²) in [6, 6.07) is 8.97. The Morgan fingerprint density at radius 2 is 1.71 bits per heavy atom. The van der Waals surface area contributed by atoms with Gasteiger partial charge in [0.1, 0.15) is 5.75 Å². The molecule has 0 amide bonds. The molecule has 3 rings (SSSR count). The molecular formula is C16H26Cl2N2O. The van der Waals surface area contributed by atoms with Crippen molar-refractivity contribution in [2.75, 3.05) is 13.1 Å². The smallest absolute Gasteiger partial charge is 0.119 e. The van der Waals surface area contributed by atoms with E-state index in [1.165, 1.54) is 31.2 Å². The lowest BCUT2D eigenvalue weighted by atomic mass is 10.2. The molecule has 1 aromatic carbocycles. The molecule has 5 heteroatoms. The number of halogens is 2. The van der Waals surface area contributed by atoms with Gasteiger partial charge in [-0.2, -0.15) is 0 Å². The molecule has 2 N–H and O–H groups in total. The van der Waals surface area contributed by atoms with Gasteiger partial charge in [-0.1, -0.05) is 12.1 Å².